The van der Waals surface area contributed by atoms with Gasteiger partial charge in [0.2, 0.25) is 0 Å². The summed E-state index contributed by atoms with van der Waals surface area (Å²) in [5.74, 6) is 0. The average molecular weight is 234 g/mol. The van der Waals surface area contributed by atoms with Crippen LogP contribution in [0.25, 0.3) is 5.65 Å². The third-order valence-electron chi connectivity index (χ3n) is 1.94. The Morgan fingerprint density at radius 3 is 2.71 bits per heavy atom. The summed E-state index contributed by atoms with van der Waals surface area (Å²) in [5, 5.41) is 0. The van der Waals surface area contributed by atoms with Gasteiger partial charge in [0, 0.05) is 18.9 Å². The molecule has 2 heterocycles. The van der Waals surface area contributed by atoms with Gasteiger partial charge in [-0.2, -0.15) is 0 Å². The molecule has 0 aliphatic rings. The van der Waals surface area contributed by atoms with Crippen LogP contribution in [0.15, 0.2) is 24.5 Å². The maximum Gasteiger partial charge on any atom is 0.139 e. The van der Waals surface area contributed by atoms with Crippen LogP contribution in [-0.2, 0) is 6.54 Å². The molecule has 0 saturated carbocycles. The number of rotatable bonds is 1. The van der Waals surface area contributed by atoms with E-state index in [9.17, 15) is 0 Å². The van der Waals surface area contributed by atoms with E-state index in [-0.39, 0.29) is 24.8 Å². The lowest BCUT2D eigenvalue weighted by Gasteiger charge is -1.93. The molecule has 2 N–H and O–H groups in total. The van der Waals surface area contributed by atoms with E-state index in [0.717, 1.165) is 11.3 Å². The number of fused-ring (bicyclic) bond motifs is 1. The van der Waals surface area contributed by atoms with Gasteiger partial charge in [0.05, 0.1) is 5.69 Å². The average Bonchev–Trinajstić information content (AvgIpc) is 2.49. The van der Waals surface area contributed by atoms with E-state index in [2.05, 4.69) is 4.98 Å². The van der Waals surface area contributed by atoms with Crippen molar-refractivity contribution in [3.05, 3.63) is 35.8 Å². The summed E-state index contributed by atoms with van der Waals surface area (Å²) in [7, 11) is 0. The van der Waals surface area contributed by atoms with E-state index in [1.807, 2.05) is 35.9 Å². The molecule has 0 fully saturated rings. The molecule has 0 aliphatic carbocycles. The van der Waals surface area contributed by atoms with E-state index < -0.39 is 0 Å². The number of imidazole rings is 1. The fraction of sp³-hybridized carbons (Fsp3) is 0.222. The molecule has 0 amide bonds. The molecule has 0 aliphatic heterocycles. The van der Waals surface area contributed by atoms with Gasteiger partial charge in [-0.05, 0) is 18.6 Å². The Bertz CT molecular complexity index is 411. The van der Waals surface area contributed by atoms with Gasteiger partial charge in [0.1, 0.15) is 5.65 Å². The quantitative estimate of drug-likeness (QED) is 0.819. The first-order valence-corrected chi connectivity index (χ1v) is 3.94. The van der Waals surface area contributed by atoms with Crippen LogP contribution in [0.4, 0.5) is 0 Å². The maximum atomic E-state index is 5.49. The van der Waals surface area contributed by atoms with Crippen molar-refractivity contribution in [1.29, 1.82) is 0 Å². The summed E-state index contributed by atoms with van der Waals surface area (Å²) in [6, 6.07) is 4.05. The number of pyridine rings is 1. The monoisotopic (exact) mass is 233 g/mol. The topological polar surface area (TPSA) is 43.3 Å². The minimum Gasteiger partial charge on any atom is -0.325 e. The van der Waals surface area contributed by atoms with Crippen LogP contribution in [0.3, 0.4) is 0 Å². The SMILES string of the molecule is Cc1cccn2cc(CN)nc12.Cl.Cl. The van der Waals surface area contributed by atoms with Crippen LogP contribution in [0.5, 0.6) is 0 Å². The standard InChI is InChI=1S/C9H11N3.2ClH/c1-7-3-2-4-12-6-8(5-10)11-9(7)12;;/h2-4,6H,5,10H2,1H3;2*1H. The molecule has 2 aromatic heterocycles. The van der Waals surface area contributed by atoms with Crippen molar-refractivity contribution in [2.75, 3.05) is 0 Å². The first-order chi connectivity index (χ1) is 5.81. The predicted octanol–water partition coefficient (Wildman–Crippen LogP) is 1.95. The lowest BCUT2D eigenvalue weighted by molar-refractivity contribution is 1.01. The minimum atomic E-state index is 0. The first-order valence-electron chi connectivity index (χ1n) is 3.94. The number of aryl methyl sites for hydroxylation is 1. The summed E-state index contributed by atoms with van der Waals surface area (Å²) >= 11 is 0. The number of nitrogens with two attached hydrogens (primary N) is 1. The Hall–Kier alpha value is -0.770. The van der Waals surface area contributed by atoms with Crippen LogP contribution in [0.2, 0.25) is 0 Å². The van der Waals surface area contributed by atoms with Crippen molar-refractivity contribution in [3.63, 3.8) is 0 Å². The Morgan fingerprint density at radius 2 is 2.14 bits per heavy atom. The van der Waals surface area contributed by atoms with Crippen LogP contribution in [0, 0.1) is 6.92 Å². The van der Waals surface area contributed by atoms with E-state index in [1.54, 1.807) is 0 Å². The van der Waals surface area contributed by atoms with Gasteiger partial charge in [0.25, 0.3) is 0 Å². The molecule has 0 unspecified atom stereocenters. The van der Waals surface area contributed by atoms with Gasteiger partial charge in [-0.3, -0.25) is 0 Å². The zero-order chi connectivity index (χ0) is 8.55. The molecule has 78 valence electrons. The highest BCUT2D eigenvalue weighted by Crippen LogP contribution is 2.08. The second-order valence-electron chi connectivity index (χ2n) is 2.86. The highest BCUT2D eigenvalue weighted by Gasteiger charge is 2.00. The third-order valence-corrected chi connectivity index (χ3v) is 1.94. The Morgan fingerprint density at radius 1 is 1.43 bits per heavy atom. The minimum absolute atomic E-state index is 0. The fourth-order valence-corrected chi connectivity index (χ4v) is 1.30. The molecule has 0 saturated heterocycles. The number of nitrogens with zero attached hydrogens (tertiary/aromatic N) is 2. The van der Waals surface area contributed by atoms with Crippen LogP contribution in [-0.4, -0.2) is 9.38 Å². The van der Waals surface area contributed by atoms with Gasteiger partial charge in [-0.25, -0.2) is 4.98 Å². The van der Waals surface area contributed by atoms with Crippen LogP contribution in [0.1, 0.15) is 11.3 Å². The molecule has 3 nitrogen and oxygen atoms in total. The summed E-state index contributed by atoms with van der Waals surface area (Å²) in [4.78, 5) is 4.37. The van der Waals surface area contributed by atoms with Crippen molar-refractivity contribution in [1.82, 2.24) is 9.38 Å². The lowest BCUT2D eigenvalue weighted by atomic mass is 10.3. The fourth-order valence-electron chi connectivity index (χ4n) is 1.30. The van der Waals surface area contributed by atoms with E-state index >= 15 is 0 Å². The van der Waals surface area contributed by atoms with Gasteiger partial charge in [-0.1, -0.05) is 6.07 Å². The van der Waals surface area contributed by atoms with Crippen molar-refractivity contribution in [2.24, 2.45) is 5.73 Å². The zero-order valence-corrected chi connectivity index (χ0v) is 9.44. The first kappa shape index (κ1) is 13.2. The van der Waals surface area contributed by atoms with Crippen LogP contribution >= 0.6 is 24.8 Å². The maximum absolute atomic E-state index is 5.49. The second kappa shape index (κ2) is 5.20. The van der Waals surface area contributed by atoms with Crippen molar-refractivity contribution >= 4 is 30.5 Å². The molecule has 0 bridgehead atoms. The van der Waals surface area contributed by atoms with Crippen molar-refractivity contribution in [3.8, 4) is 0 Å². The summed E-state index contributed by atoms with van der Waals surface area (Å²) in [5.41, 5.74) is 8.60. The normalized spacial score (nSPS) is 9.29. The molecule has 0 aromatic carbocycles. The number of hydrogen-bond acceptors (Lipinski definition) is 2. The Labute approximate surface area is 95.1 Å². The highest BCUT2D eigenvalue weighted by atomic mass is 35.5. The Balaban J connectivity index is 0.000000845. The summed E-state index contributed by atoms with van der Waals surface area (Å²) in [6.07, 6.45) is 3.94. The molecule has 0 spiro atoms. The number of hydrogen-bond donors (Lipinski definition) is 1. The van der Waals surface area contributed by atoms with E-state index in [4.69, 9.17) is 5.73 Å². The third kappa shape index (κ3) is 2.18. The zero-order valence-electron chi connectivity index (χ0n) is 7.80. The molecule has 2 rings (SSSR count). The Kier molecular flexibility index (Phi) is 4.91. The predicted molar refractivity (Wildman–Crippen MR) is 62.3 cm³/mol. The molecule has 2 aromatic rings. The lowest BCUT2D eigenvalue weighted by Crippen LogP contribution is -1.95. The largest absolute Gasteiger partial charge is 0.325 e. The number of halogens is 2. The smallest absolute Gasteiger partial charge is 0.139 e. The molecular weight excluding hydrogens is 221 g/mol. The van der Waals surface area contributed by atoms with Gasteiger partial charge in [-0.15, -0.1) is 24.8 Å². The number of aromatic nitrogens is 2. The van der Waals surface area contributed by atoms with Crippen molar-refractivity contribution < 1.29 is 0 Å². The molecular formula is C9H13Cl2N3. The molecule has 5 heteroatoms. The summed E-state index contributed by atoms with van der Waals surface area (Å²) < 4.78 is 2.00. The highest BCUT2D eigenvalue weighted by molar-refractivity contribution is 5.85. The molecule has 0 radical (unpaired) electrons. The summed E-state index contributed by atoms with van der Waals surface area (Å²) in [6.45, 7) is 2.55. The van der Waals surface area contributed by atoms with Gasteiger partial charge >= 0.3 is 0 Å². The molecule has 14 heavy (non-hydrogen) atoms. The van der Waals surface area contributed by atoms with E-state index in [1.165, 1.54) is 5.56 Å². The molecule has 0 atom stereocenters. The van der Waals surface area contributed by atoms with Gasteiger partial charge < -0.3 is 10.1 Å². The second-order valence-corrected chi connectivity index (χ2v) is 2.86. The van der Waals surface area contributed by atoms with Gasteiger partial charge in [0.15, 0.2) is 0 Å². The van der Waals surface area contributed by atoms with Crippen molar-refractivity contribution in [2.45, 2.75) is 13.5 Å². The van der Waals surface area contributed by atoms with Crippen LogP contribution < -0.4 is 5.73 Å². The van der Waals surface area contributed by atoms with E-state index in [0.29, 0.717) is 6.54 Å².